The Hall–Kier alpha value is -6.12. The van der Waals surface area contributed by atoms with Crippen LogP contribution in [0.25, 0.3) is 11.1 Å². The van der Waals surface area contributed by atoms with E-state index in [0.717, 1.165) is 17.4 Å². The molecule has 3 heterocycles. The second-order valence-corrected chi connectivity index (χ2v) is 20.1. The van der Waals surface area contributed by atoms with E-state index in [2.05, 4.69) is 30.4 Å². The van der Waals surface area contributed by atoms with E-state index in [9.17, 15) is 36.9 Å². The molecule has 4 amide bonds. The number of ether oxygens (including phenoxy) is 4. The molecule has 0 aliphatic carbocycles. The number of oxime groups is 1. The summed E-state index contributed by atoms with van der Waals surface area (Å²) < 4.78 is 78.9. The Morgan fingerprint density at radius 3 is 2.21 bits per heavy atom. The molecule has 0 unspecified atom stereocenters. The molecule has 4 rings (SSSR count). The Kier molecular flexibility index (Phi) is 16.0. The third-order valence-corrected chi connectivity index (χ3v) is 9.87. The second-order valence-electron chi connectivity index (χ2n) is 18.3. The molecule has 1 aliphatic rings. The van der Waals surface area contributed by atoms with Gasteiger partial charge in [0.25, 0.3) is 17.9 Å². The topological polar surface area (TPSA) is 297 Å². The number of amides is 4. The Labute approximate surface area is 384 Å². The lowest BCUT2D eigenvalue weighted by molar-refractivity contribution is -0.740. The molecule has 26 heteroatoms. The SMILES string of the molecule is C[n+]1c(N)c(-c2ccc(OC[C@H](O/N=C(\C(=O)N[C@@H]3C(=O)N(OS(=O)(=O)[O-])C3(C)C)c3csc(NC(=O)OC(C)(C)C)n3)C(=O)OC(C)(C)C)cc2F)cn1CCCNC(=O)OC(C)(C)C. The zero-order valence-corrected chi connectivity index (χ0v) is 40.2. The molecular weight excluding hydrogens is 914 g/mol. The minimum atomic E-state index is -5.36. The van der Waals surface area contributed by atoms with Gasteiger partial charge in [0.05, 0.1) is 23.8 Å². The summed E-state index contributed by atoms with van der Waals surface area (Å²) in [6, 6.07) is 2.43. The molecule has 2 aromatic heterocycles. The van der Waals surface area contributed by atoms with Crippen LogP contribution >= 0.6 is 11.3 Å². The van der Waals surface area contributed by atoms with Crippen LogP contribution in [0.15, 0.2) is 34.9 Å². The average molecular weight is 970 g/mol. The number of nitrogens with one attached hydrogen (secondary N) is 3. The van der Waals surface area contributed by atoms with Crippen LogP contribution in [-0.2, 0) is 61.7 Å². The highest BCUT2D eigenvalue weighted by Crippen LogP contribution is 2.33. The number of nitrogens with zero attached hydrogens (tertiary/aromatic N) is 5. The number of carbonyl (C=O) groups excluding carboxylic acids is 5. The highest BCUT2D eigenvalue weighted by molar-refractivity contribution is 7.80. The Morgan fingerprint density at radius 2 is 1.64 bits per heavy atom. The smallest absolute Gasteiger partial charge is 0.413 e. The number of thiazole rings is 1. The average Bonchev–Trinajstić information content (AvgIpc) is 3.72. The maximum absolute atomic E-state index is 15.8. The van der Waals surface area contributed by atoms with Crippen LogP contribution in [-0.4, -0.2) is 111 Å². The number of hydrogen-bond donors (Lipinski definition) is 4. The molecule has 23 nitrogen and oxygen atoms in total. The van der Waals surface area contributed by atoms with E-state index in [1.165, 1.54) is 31.4 Å². The van der Waals surface area contributed by atoms with Gasteiger partial charge in [0, 0.05) is 23.6 Å². The van der Waals surface area contributed by atoms with E-state index >= 15 is 4.39 Å². The number of nitrogen functional groups attached to an aromatic ring is 1. The van der Waals surface area contributed by atoms with E-state index in [1.807, 2.05) is 0 Å². The van der Waals surface area contributed by atoms with Crippen LogP contribution in [0.1, 0.15) is 88.3 Å². The van der Waals surface area contributed by atoms with Gasteiger partial charge in [-0.3, -0.25) is 20.6 Å². The van der Waals surface area contributed by atoms with Crippen molar-refractivity contribution in [3.05, 3.63) is 41.3 Å². The summed E-state index contributed by atoms with van der Waals surface area (Å²) in [6.45, 7) is 17.6. The van der Waals surface area contributed by atoms with Crippen LogP contribution in [0, 0.1) is 5.82 Å². The van der Waals surface area contributed by atoms with Gasteiger partial charge in [-0.1, -0.05) is 5.16 Å². The molecule has 2 atom stereocenters. The Morgan fingerprint density at radius 1 is 1.02 bits per heavy atom. The van der Waals surface area contributed by atoms with Gasteiger partial charge in [-0.25, -0.2) is 36.9 Å². The van der Waals surface area contributed by atoms with Crippen molar-refractivity contribution in [1.29, 1.82) is 0 Å². The van der Waals surface area contributed by atoms with E-state index < -0.39 is 93.0 Å². The molecule has 0 spiro atoms. The number of halogens is 1. The minimum absolute atomic E-state index is 0.0547. The van der Waals surface area contributed by atoms with Crippen molar-refractivity contribution in [3.63, 3.8) is 0 Å². The summed E-state index contributed by atoms with van der Waals surface area (Å²) >= 11 is 0.845. The lowest BCUT2D eigenvalue weighted by Gasteiger charge is -2.51. The Bertz CT molecular complexity index is 2450. The number of β-lactam (4-membered cyclic amide) rings is 1. The van der Waals surface area contributed by atoms with Gasteiger partial charge in [-0.2, -0.15) is 14.0 Å². The van der Waals surface area contributed by atoms with Crippen molar-refractivity contribution < 1.29 is 74.1 Å². The van der Waals surface area contributed by atoms with Gasteiger partial charge < -0.3 is 39.0 Å². The number of aromatic nitrogens is 3. The highest BCUT2D eigenvalue weighted by atomic mass is 32.3. The Balaban J connectivity index is 1.58. The number of hydrogen-bond acceptors (Lipinski definition) is 18. The standard InChI is InChI=1S/C40H56FN9O14S2/c1-37(2,3)60-33(53)27(20-59-22-14-15-23(25(41)18-22)24-19-49(48(12)30(24)42)17-13-16-43-35(54)61-38(4,5)6)63-47-28(26-21-65-34(44-26)46-36(55)62-39(7,8)9)31(51)45-29-32(52)50(40(29,10)11)64-66(56,57)58/h14-15,18-19,21,27,29,42H,13,16-17,20H2,1-12H3,(H4,43,44,45,46,51,54,55,56,57,58)/b47-28-/t27-,29+/m0/s1. The number of aryl methyl sites for hydroxylation is 1. The molecule has 0 saturated carbocycles. The molecule has 1 aromatic carbocycles. The number of anilines is 2. The molecule has 66 heavy (non-hydrogen) atoms. The lowest BCUT2D eigenvalue weighted by Crippen LogP contribution is -2.76. The predicted molar refractivity (Wildman–Crippen MR) is 233 cm³/mol. The first kappa shape index (κ1) is 52.5. The fraction of sp³-hybridized carbons (Fsp3) is 0.550. The lowest BCUT2D eigenvalue weighted by atomic mass is 9.84. The van der Waals surface area contributed by atoms with Crippen molar-refractivity contribution in [3.8, 4) is 16.9 Å². The van der Waals surface area contributed by atoms with E-state index in [0.29, 0.717) is 25.1 Å². The molecule has 0 radical (unpaired) electrons. The second kappa shape index (κ2) is 20.2. The van der Waals surface area contributed by atoms with Crippen molar-refractivity contribution in [2.75, 3.05) is 24.2 Å². The number of nitrogens with two attached hydrogens (primary N) is 1. The summed E-state index contributed by atoms with van der Waals surface area (Å²) in [4.78, 5) is 74.5. The number of benzene rings is 1. The molecule has 1 aliphatic heterocycles. The van der Waals surface area contributed by atoms with Gasteiger partial charge >= 0.3 is 24.0 Å². The molecular formula is C40H56FN9O14S2. The first-order valence-corrected chi connectivity index (χ1v) is 22.4. The predicted octanol–water partition coefficient (Wildman–Crippen LogP) is 3.43. The number of rotatable bonds is 17. The van der Waals surface area contributed by atoms with Crippen molar-refractivity contribution >= 4 is 68.4 Å². The van der Waals surface area contributed by atoms with Gasteiger partial charge in [0.2, 0.25) is 10.4 Å². The molecule has 0 bridgehead atoms. The van der Waals surface area contributed by atoms with Gasteiger partial charge in [-0.15, -0.1) is 11.3 Å². The highest BCUT2D eigenvalue weighted by Gasteiger charge is 2.57. The molecule has 1 saturated heterocycles. The van der Waals surface area contributed by atoms with E-state index in [-0.39, 0.29) is 33.0 Å². The van der Waals surface area contributed by atoms with Gasteiger partial charge in [0.1, 0.15) is 53.8 Å². The van der Waals surface area contributed by atoms with Crippen molar-refractivity contribution in [1.82, 2.24) is 25.4 Å². The quantitative estimate of drug-likeness (QED) is 0.0173. The largest absolute Gasteiger partial charge is 0.724 e. The van der Waals surface area contributed by atoms with Gasteiger partial charge in [-0.05, 0) is 94.7 Å². The van der Waals surface area contributed by atoms with Crippen LogP contribution in [0.5, 0.6) is 5.75 Å². The van der Waals surface area contributed by atoms with Gasteiger partial charge in [0.15, 0.2) is 10.8 Å². The summed E-state index contributed by atoms with van der Waals surface area (Å²) in [5.74, 6) is -3.80. The number of alkyl carbamates (subject to hydrolysis) is 1. The summed E-state index contributed by atoms with van der Waals surface area (Å²) in [7, 11) is -3.67. The first-order chi connectivity index (χ1) is 30.2. The normalized spacial score (nSPS) is 15.8. The zero-order valence-electron chi connectivity index (χ0n) is 38.6. The number of hydroxylamine groups is 2. The third-order valence-electron chi connectivity index (χ3n) is 8.78. The molecule has 1 fully saturated rings. The number of esters is 1. The van der Waals surface area contributed by atoms with Crippen LogP contribution in [0.4, 0.5) is 24.9 Å². The molecule has 5 N–H and O–H groups in total. The van der Waals surface area contributed by atoms with Crippen LogP contribution in [0.2, 0.25) is 0 Å². The third kappa shape index (κ3) is 14.7. The monoisotopic (exact) mass is 969 g/mol. The summed E-state index contributed by atoms with van der Waals surface area (Å²) in [5.41, 5.74) is 1.82. The van der Waals surface area contributed by atoms with E-state index in [4.69, 9.17) is 29.5 Å². The maximum atomic E-state index is 15.8. The van der Waals surface area contributed by atoms with Crippen LogP contribution < -0.4 is 31.1 Å². The zero-order chi connectivity index (χ0) is 49.7. The maximum Gasteiger partial charge on any atom is 0.413 e. The molecule has 3 aromatic rings. The fourth-order valence-corrected chi connectivity index (χ4v) is 6.96. The first-order valence-electron chi connectivity index (χ1n) is 20.2. The van der Waals surface area contributed by atoms with Crippen molar-refractivity contribution in [2.45, 2.75) is 124 Å². The minimum Gasteiger partial charge on any atom is -0.724 e. The summed E-state index contributed by atoms with van der Waals surface area (Å²) in [6.07, 6.45) is -0.989. The van der Waals surface area contributed by atoms with Crippen molar-refractivity contribution in [2.24, 2.45) is 12.2 Å². The fourth-order valence-electron chi connectivity index (χ4n) is 5.84. The summed E-state index contributed by atoms with van der Waals surface area (Å²) in [5, 5.41) is 12.9. The van der Waals surface area contributed by atoms with E-state index in [1.54, 1.807) is 84.9 Å². The van der Waals surface area contributed by atoms with Crippen LogP contribution in [0.3, 0.4) is 0 Å². The molecule has 364 valence electrons. The number of carbonyl (C=O) groups is 5.